The third-order valence-corrected chi connectivity index (χ3v) is 2.68. The minimum absolute atomic E-state index is 0.294. The van der Waals surface area contributed by atoms with E-state index in [1.165, 1.54) is 0 Å². The molecule has 0 atom stereocenters. The van der Waals surface area contributed by atoms with Gasteiger partial charge in [0.05, 0.1) is 17.2 Å². The van der Waals surface area contributed by atoms with Crippen LogP contribution >= 0.6 is 0 Å². The molecule has 0 saturated heterocycles. The molecular weight excluding hydrogens is 202 g/mol. The molecule has 1 aromatic heterocycles. The van der Waals surface area contributed by atoms with Gasteiger partial charge < -0.3 is 9.15 Å². The van der Waals surface area contributed by atoms with Crippen LogP contribution in [0.2, 0.25) is 0 Å². The van der Waals surface area contributed by atoms with E-state index < -0.39 is 0 Å². The van der Waals surface area contributed by atoms with Gasteiger partial charge >= 0.3 is 0 Å². The molecule has 3 nitrogen and oxygen atoms in total. The average Bonchev–Trinajstić information content (AvgIpc) is 2.65. The normalized spacial score (nSPS) is 18.4. The van der Waals surface area contributed by atoms with E-state index >= 15 is 0 Å². The summed E-state index contributed by atoms with van der Waals surface area (Å²) in [5.41, 5.74) is 1.31. The predicted molar refractivity (Wildman–Crippen MR) is 60.5 cm³/mol. The molecule has 0 N–H and O–H groups in total. The zero-order chi connectivity index (χ0) is 11.9. The molecule has 1 aliphatic rings. The fourth-order valence-corrected chi connectivity index (χ4v) is 2.04. The van der Waals surface area contributed by atoms with Crippen LogP contribution in [0.3, 0.4) is 0 Å². The summed E-state index contributed by atoms with van der Waals surface area (Å²) in [5.74, 6) is 2.32. The number of nitriles is 1. The Kier molecular flexibility index (Phi) is 2.31. The average molecular weight is 217 g/mol. The number of hydrogen-bond acceptors (Lipinski definition) is 3. The third kappa shape index (κ3) is 1.71. The minimum Gasteiger partial charge on any atom is -0.486 e. The Morgan fingerprint density at radius 1 is 1.38 bits per heavy atom. The summed E-state index contributed by atoms with van der Waals surface area (Å²) in [6.07, 6.45) is 0.655. The first kappa shape index (κ1) is 10.8. The molecule has 84 valence electrons. The lowest BCUT2D eigenvalue weighted by Gasteiger charge is -2.18. The Labute approximate surface area is 95.3 Å². The SMILES string of the molecule is Cc1cc(C2=C(C#N)CC(C)(C)O2)c(C)o1. The van der Waals surface area contributed by atoms with E-state index in [0.717, 1.165) is 17.1 Å². The first-order chi connectivity index (χ1) is 7.43. The quantitative estimate of drug-likeness (QED) is 0.724. The zero-order valence-corrected chi connectivity index (χ0v) is 10.0. The van der Waals surface area contributed by atoms with Crippen molar-refractivity contribution in [2.75, 3.05) is 0 Å². The lowest BCUT2D eigenvalue weighted by Crippen LogP contribution is -2.17. The van der Waals surface area contributed by atoms with E-state index in [2.05, 4.69) is 6.07 Å². The molecule has 1 aromatic rings. The van der Waals surface area contributed by atoms with Crippen LogP contribution in [0.4, 0.5) is 0 Å². The van der Waals surface area contributed by atoms with E-state index in [4.69, 9.17) is 14.4 Å². The number of rotatable bonds is 1. The van der Waals surface area contributed by atoms with Crippen LogP contribution in [0.1, 0.15) is 37.4 Å². The second-order valence-electron chi connectivity index (χ2n) is 4.78. The van der Waals surface area contributed by atoms with Crippen LogP contribution < -0.4 is 0 Å². The maximum atomic E-state index is 9.11. The van der Waals surface area contributed by atoms with Gasteiger partial charge in [-0.2, -0.15) is 5.26 Å². The molecule has 1 aliphatic heterocycles. The summed E-state index contributed by atoms with van der Waals surface area (Å²) < 4.78 is 11.3. The van der Waals surface area contributed by atoms with E-state index in [1.807, 2.05) is 33.8 Å². The maximum Gasteiger partial charge on any atom is 0.144 e. The van der Waals surface area contributed by atoms with Gasteiger partial charge in [-0.15, -0.1) is 0 Å². The third-order valence-electron chi connectivity index (χ3n) is 2.68. The molecule has 0 unspecified atom stereocenters. The van der Waals surface area contributed by atoms with Crippen molar-refractivity contribution in [1.82, 2.24) is 0 Å². The van der Waals surface area contributed by atoms with Gasteiger partial charge in [-0.05, 0) is 33.8 Å². The molecule has 0 bridgehead atoms. The largest absolute Gasteiger partial charge is 0.486 e. The summed E-state index contributed by atoms with van der Waals surface area (Å²) in [7, 11) is 0. The molecular formula is C13H15NO2. The monoisotopic (exact) mass is 217 g/mol. The Bertz CT molecular complexity index is 500. The van der Waals surface area contributed by atoms with Crippen molar-refractivity contribution in [2.24, 2.45) is 0 Å². The summed E-state index contributed by atoms with van der Waals surface area (Å²) in [4.78, 5) is 0. The molecule has 0 spiro atoms. The van der Waals surface area contributed by atoms with Gasteiger partial charge in [-0.3, -0.25) is 0 Å². The van der Waals surface area contributed by atoms with Gasteiger partial charge in [-0.1, -0.05) is 0 Å². The number of aryl methyl sites for hydroxylation is 2. The molecule has 0 radical (unpaired) electrons. The predicted octanol–water partition coefficient (Wildman–Crippen LogP) is 3.33. The van der Waals surface area contributed by atoms with Crippen LogP contribution in [0.25, 0.3) is 5.76 Å². The fourth-order valence-electron chi connectivity index (χ4n) is 2.04. The van der Waals surface area contributed by atoms with Crippen LogP contribution in [-0.2, 0) is 4.74 Å². The second kappa shape index (κ2) is 3.41. The topological polar surface area (TPSA) is 46.2 Å². The van der Waals surface area contributed by atoms with Gasteiger partial charge in [0, 0.05) is 6.42 Å². The Morgan fingerprint density at radius 3 is 2.56 bits per heavy atom. The van der Waals surface area contributed by atoms with Crippen molar-refractivity contribution in [3.8, 4) is 6.07 Å². The Balaban J connectivity index is 2.48. The molecule has 0 aromatic carbocycles. The van der Waals surface area contributed by atoms with Gasteiger partial charge in [0.25, 0.3) is 0 Å². The highest BCUT2D eigenvalue weighted by atomic mass is 16.5. The lowest BCUT2D eigenvalue weighted by molar-refractivity contribution is 0.0998. The molecule has 3 heteroatoms. The molecule has 2 heterocycles. The summed E-state index contributed by atoms with van der Waals surface area (Å²) in [5, 5.41) is 9.11. The highest BCUT2D eigenvalue weighted by Crippen LogP contribution is 2.40. The second-order valence-corrected chi connectivity index (χ2v) is 4.78. The minimum atomic E-state index is -0.294. The summed E-state index contributed by atoms with van der Waals surface area (Å²) in [6, 6.07) is 4.14. The Hall–Kier alpha value is -1.69. The van der Waals surface area contributed by atoms with Crippen LogP contribution in [0, 0.1) is 25.2 Å². The summed E-state index contributed by atoms with van der Waals surface area (Å²) >= 11 is 0. The van der Waals surface area contributed by atoms with Crippen molar-refractivity contribution in [3.63, 3.8) is 0 Å². The molecule has 2 rings (SSSR count). The number of furan rings is 1. The van der Waals surface area contributed by atoms with Crippen molar-refractivity contribution < 1.29 is 9.15 Å². The number of hydrogen-bond donors (Lipinski definition) is 0. The highest BCUT2D eigenvalue weighted by molar-refractivity contribution is 5.70. The number of nitrogens with zero attached hydrogens (tertiary/aromatic N) is 1. The standard InChI is InChI=1S/C13H15NO2/c1-8-5-11(9(2)15-8)12-10(7-14)6-13(3,4)16-12/h5H,6H2,1-4H3. The molecule has 0 aliphatic carbocycles. The van der Waals surface area contributed by atoms with Gasteiger partial charge in [0.2, 0.25) is 0 Å². The Morgan fingerprint density at radius 2 is 2.06 bits per heavy atom. The lowest BCUT2D eigenvalue weighted by atomic mass is 10.0. The summed E-state index contributed by atoms with van der Waals surface area (Å²) in [6.45, 7) is 7.75. The number of ether oxygens (including phenoxy) is 1. The van der Waals surface area contributed by atoms with Crippen LogP contribution in [0.5, 0.6) is 0 Å². The van der Waals surface area contributed by atoms with Crippen molar-refractivity contribution in [2.45, 2.75) is 39.7 Å². The van der Waals surface area contributed by atoms with E-state index in [1.54, 1.807) is 0 Å². The van der Waals surface area contributed by atoms with Crippen LogP contribution in [0.15, 0.2) is 16.1 Å². The zero-order valence-electron chi connectivity index (χ0n) is 10.0. The van der Waals surface area contributed by atoms with Crippen molar-refractivity contribution in [1.29, 1.82) is 5.26 Å². The van der Waals surface area contributed by atoms with Crippen molar-refractivity contribution >= 4 is 5.76 Å². The van der Waals surface area contributed by atoms with Crippen LogP contribution in [-0.4, -0.2) is 5.60 Å². The first-order valence-corrected chi connectivity index (χ1v) is 5.32. The molecule has 0 amide bonds. The first-order valence-electron chi connectivity index (χ1n) is 5.32. The maximum absolute atomic E-state index is 9.11. The smallest absolute Gasteiger partial charge is 0.144 e. The van der Waals surface area contributed by atoms with E-state index in [9.17, 15) is 0 Å². The highest BCUT2D eigenvalue weighted by Gasteiger charge is 2.34. The van der Waals surface area contributed by atoms with E-state index in [0.29, 0.717) is 17.8 Å². The fraction of sp³-hybridized carbons (Fsp3) is 0.462. The van der Waals surface area contributed by atoms with Crippen molar-refractivity contribution in [3.05, 3.63) is 28.7 Å². The van der Waals surface area contributed by atoms with Gasteiger partial charge in [0.1, 0.15) is 22.9 Å². The molecule has 0 saturated carbocycles. The molecule has 16 heavy (non-hydrogen) atoms. The van der Waals surface area contributed by atoms with Gasteiger partial charge in [0.15, 0.2) is 0 Å². The van der Waals surface area contributed by atoms with Gasteiger partial charge in [-0.25, -0.2) is 0 Å². The van der Waals surface area contributed by atoms with E-state index in [-0.39, 0.29) is 5.60 Å². The molecule has 0 fully saturated rings.